The second kappa shape index (κ2) is 8.08. The maximum absolute atomic E-state index is 5.93. The van der Waals surface area contributed by atoms with Crippen LogP contribution in [0.2, 0.25) is 0 Å². The number of hydrogen-bond donors (Lipinski definition) is 1. The first kappa shape index (κ1) is 14.0. The number of hydrogen-bond acceptors (Lipinski definition) is 2. The fourth-order valence-electron chi connectivity index (χ4n) is 3.00. The first-order valence-electron chi connectivity index (χ1n) is 7.20. The van der Waals surface area contributed by atoms with Crippen LogP contribution in [0.1, 0.15) is 58.3 Å². The first-order valence-corrected chi connectivity index (χ1v) is 7.20. The summed E-state index contributed by atoms with van der Waals surface area (Å²) in [5, 5.41) is 0. The van der Waals surface area contributed by atoms with E-state index >= 15 is 0 Å². The summed E-state index contributed by atoms with van der Waals surface area (Å²) in [6.07, 6.45) is 10.9. The van der Waals surface area contributed by atoms with Gasteiger partial charge in [-0.3, -0.25) is 0 Å². The topological polar surface area (TPSA) is 29.3 Å². The smallest absolute Gasteiger partial charge is 0.0132 e. The Hall–Kier alpha value is -0.0800. The van der Waals surface area contributed by atoms with Gasteiger partial charge in [0.25, 0.3) is 0 Å². The summed E-state index contributed by atoms with van der Waals surface area (Å²) < 4.78 is 0. The molecule has 16 heavy (non-hydrogen) atoms. The maximum Gasteiger partial charge on any atom is 0.0132 e. The van der Waals surface area contributed by atoms with Crippen molar-refractivity contribution in [2.24, 2.45) is 11.7 Å². The van der Waals surface area contributed by atoms with Crippen molar-refractivity contribution in [3.8, 4) is 0 Å². The molecule has 0 spiro atoms. The summed E-state index contributed by atoms with van der Waals surface area (Å²) in [7, 11) is 2.30. The van der Waals surface area contributed by atoms with Crippen LogP contribution in [0.5, 0.6) is 0 Å². The summed E-state index contributed by atoms with van der Waals surface area (Å²) >= 11 is 0. The van der Waals surface area contributed by atoms with Crippen LogP contribution < -0.4 is 5.73 Å². The van der Waals surface area contributed by atoms with Crippen LogP contribution in [0.3, 0.4) is 0 Å². The van der Waals surface area contributed by atoms with Gasteiger partial charge >= 0.3 is 0 Å². The third-order valence-corrected chi connectivity index (χ3v) is 4.10. The van der Waals surface area contributed by atoms with Crippen LogP contribution in [-0.2, 0) is 0 Å². The minimum Gasteiger partial charge on any atom is -0.330 e. The predicted octanol–water partition coefficient (Wildman–Crippen LogP) is 3.02. The average molecular weight is 226 g/mol. The molecule has 2 nitrogen and oxygen atoms in total. The molecule has 2 N–H and O–H groups in total. The molecule has 96 valence electrons. The highest BCUT2D eigenvalue weighted by Crippen LogP contribution is 2.26. The van der Waals surface area contributed by atoms with E-state index in [1.807, 2.05) is 0 Å². The van der Waals surface area contributed by atoms with Gasteiger partial charge in [0.15, 0.2) is 0 Å². The number of rotatable bonds is 6. The van der Waals surface area contributed by atoms with Gasteiger partial charge in [-0.1, -0.05) is 39.0 Å². The van der Waals surface area contributed by atoms with Crippen molar-refractivity contribution >= 4 is 0 Å². The van der Waals surface area contributed by atoms with Crippen LogP contribution in [0, 0.1) is 5.92 Å². The van der Waals surface area contributed by atoms with Gasteiger partial charge in [0.1, 0.15) is 0 Å². The molecule has 0 aliphatic heterocycles. The number of nitrogens with two attached hydrogens (primary N) is 1. The Kier molecular flexibility index (Phi) is 7.06. The number of unbranched alkanes of at least 4 members (excludes halogenated alkanes) is 2. The molecule has 1 aliphatic rings. The fraction of sp³-hybridized carbons (Fsp3) is 1.00. The Morgan fingerprint density at radius 3 is 2.56 bits per heavy atom. The minimum atomic E-state index is 0.745. The Morgan fingerprint density at radius 1 is 1.12 bits per heavy atom. The van der Waals surface area contributed by atoms with Crippen molar-refractivity contribution < 1.29 is 0 Å². The molecule has 0 radical (unpaired) electrons. The van der Waals surface area contributed by atoms with E-state index in [9.17, 15) is 0 Å². The second-order valence-electron chi connectivity index (χ2n) is 5.39. The van der Waals surface area contributed by atoms with Crippen molar-refractivity contribution in [2.75, 3.05) is 20.1 Å². The Labute approximate surface area is 102 Å². The summed E-state index contributed by atoms with van der Waals surface area (Å²) in [4.78, 5) is 2.58. The molecule has 1 fully saturated rings. The molecule has 0 amide bonds. The molecule has 2 heteroatoms. The molecule has 0 saturated heterocycles. The van der Waals surface area contributed by atoms with Gasteiger partial charge in [-0.15, -0.1) is 0 Å². The van der Waals surface area contributed by atoms with Crippen LogP contribution in [0.15, 0.2) is 0 Å². The average Bonchev–Trinajstić information content (AvgIpc) is 2.54. The van der Waals surface area contributed by atoms with Gasteiger partial charge in [-0.2, -0.15) is 0 Å². The molecule has 1 rings (SSSR count). The van der Waals surface area contributed by atoms with Gasteiger partial charge < -0.3 is 10.6 Å². The zero-order chi connectivity index (χ0) is 11.8. The third-order valence-electron chi connectivity index (χ3n) is 4.10. The molecule has 1 saturated carbocycles. The van der Waals surface area contributed by atoms with Gasteiger partial charge in [0, 0.05) is 6.04 Å². The van der Waals surface area contributed by atoms with Gasteiger partial charge in [-0.05, 0) is 45.3 Å². The maximum atomic E-state index is 5.93. The summed E-state index contributed by atoms with van der Waals surface area (Å²) in [5.41, 5.74) is 5.93. The first-order chi connectivity index (χ1) is 7.79. The Balaban J connectivity index is 2.39. The van der Waals surface area contributed by atoms with E-state index in [0.717, 1.165) is 18.5 Å². The van der Waals surface area contributed by atoms with Crippen LogP contribution >= 0.6 is 0 Å². The highest BCUT2D eigenvalue weighted by molar-refractivity contribution is 4.81. The quantitative estimate of drug-likeness (QED) is 0.557. The lowest BCUT2D eigenvalue weighted by molar-refractivity contribution is 0.165. The van der Waals surface area contributed by atoms with E-state index in [-0.39, 0.29) is 0 Å². The molecule has 2 unspecified atom stereocenters. The summed E-state index contributed by atoms with van der Waals surface area (Å²) in [5.74, 6) is 0.745. The molecule has 0 bridgehead atoms. The number of nitrogens with zero attached hydrogens (tertiary/aromatic N) is 1. The lowest BCUT2D eigenvalue weighted by Gasteiger charge is -2.33. The third kappa shape index (κ3) is 4.42. The zero-order valence-corrected chi connectivity index (χ0v) is 11.3. The monoisotopic (exact) mass is 226 g/mol. The largest absolute Gasteiger partial charge is 0.330 e. The molecule has 0 aromatic carbocycles. The highest BCUT2D eigenvalue weighted by atomic mass is 15.1. The molecular formula is C14H30N2. The van der Waals surface area contributed by atoms with Crippen molar-refractivity contribution in [3.63, 3.8) is 0 Å². The summed E-state index contributed by atoms with van der Waals surface area (Å²) in [6.45, 7) is 4.41. The molecule has 0 heterocycles. The molecule has 0 aromatic heterocycles. The minimum absolute atomic E-state index is 0.745. The molecular weight excluding hydrogens is 196 g/mol. The van der Waals surface area contributed by atoms with E-state index in [0.29, 0.717) is 0 Å². The van der Waals surface area contributed by atoms with Gasteiger partial charge in [0.05, 0.1) is 0 Å². The molecule has 1 aliphatic carbocycles. The van der Waals surface area contributed by atoms with Crippen molar-refractivity contribution in [3.05, 3.63) is 0 Å². The van der Waals surface area contributed by atoms with E-state index in [1.54, 1.807) is 0 Å². The lowest BCUT2D eigenvalue weighted by atomic mass is 9.93. The Bertz CT molecular complexity index is 170. The standard InChI is InChI=1S/C14H30N2/c1-3-4-8-11-16(2)14-10-7-5-6-9-13(14)12-15/h13-14H,3-12,15H2,1-2H3. The predicted molar refractivity (Wildman–Crippen MR) is 71.6 cm³/mol. The normalized spacial score (nSPS) is 27.0. The van der Waals surface area contributed by atoms with Crippen molar-refractivity contribution in [2.45, 2.75) is 64.3 Å². The SMILES string of the molecule is CCCCCN(C)C1CCCCCC1CN. The van der Waals surface area contributed by atoms with Gasteiger partial charge in [0.2, 0.25) is 0 Å². The zero-order valence-electron chi connectivity index (χ0n) is 11.3. The summed E-state index contributed by atoms with van der Waals surface area (Å²) in [6, 6.07) is 0.754. The second-order valence-corrected chi connectivity index (χ2v) is 5.39. The van der Waals surface area contributed by atoms with Crippen LogP contribution in [0.4, 0.5) is 0 Å². The Morgan fingerprint density at radius 2 is 1.88 bits per heavy atom. The fourth-order valence-corrected chi connectivity index (χ4v) is 3.00. The van der Waals surface area contributed by atoms with Gasteiger partial charge in [-0.25, -0.2) is 0 Å². The highest BCUT2D eigenvalue weighted by Gasteiger charge is 2.25. The van der Waals surface area contributed by atoms with Crippen LogP contribution in [0.25, 0.3) is 0 Å². The molecule has 2 atom stereocenters. The van der Waals surface area contributed by atoms with E-state index in [1.165, 1.54) is 57.9 Å². The molecule has 0 aromatic rings. The lowest BCUT2D eigenvalue weighted by Crippen LogP contribution is -2.41. The van der Waals surface area contributed by atoms with Crippen LogP contribution in [-0.4, -0.2) is 31.1 Å². The van der Waals surface area contributed by atoms with E-state index in [2.05, 4.69) is 18.9 Å². The van der Waals surface area contributed by atoms with E-state index < -0.39 is 0 Å². The van der Waals surface area contributed by atoms with Crippen molar-refractivity contribution in [1.82, 2.24) is 4.90 Å². The van der Waals surface area contributed by atoms with Crippen molar-refractivity contribution in [1.29, 1.82) is 0 Å². The van der Waals surface area contributed by atoms with E-state index in [4.69, 9.17) is 5.73 Å².